The second-order valence-corrected chi connectivity index (χ2v) is 8.18. The van der Waals surface area contributed by atoms with Gasteiger partial charge in [-0.2, -0.15) is 0 Å². The molecule has 1 spiro atoms. The van der Waals surface area contributed by atoms with Crippen molar-refractivity contribution in [2.45, 2.75) is 50.2 Å². The largest absolute Gasteiger partial charge is 0.464 e. The monoisotopic (exact) mass is 416 g/mol. The molecule has 2 aliphatic heterocycles. The lowest BCUT2D eigenvalue weighted by Crippen LogP contribution is -2.62. The first-order valence-electron chi connectivity index (χ1n) is 9.53. The van der Waals surface area contributed by atoms with E-state index in [-0.39, 0.29) is 6.61 Å². The Hall–Kier alpha value is -1.93. The predicted octanol–water partition coefficient (Wildman–Crippen LogP) is 2.86. The van der Waals surface area contributed by atoms with Gasteiger partial charge in [0, 0.05) is 16.0 Å². The van der Waals surface area contributed by atoms with Crippen LogP contribution in [0.25, 0.3) is 11.0 Å². The van der Waals surface area contributed by atoms with Gasteiger partial charge in [0.25, 0.3) is 0 Å². The standard InChI is InChI=1S/C22H21ClO6/c1-11-19(24)20(25)21(26)22(29-11)16-8-14(17(23)9-15(16)10-28-22)7-12-2-3-18-13(6-12)4-5-27-18/h2-6,8-9,11,19-21,24-26H,7,10H2,1H3/t11-,19-,20+,21-,22+/m1/s1. The summed E-state index contributed by atoms with van der Waals surface area (Å²) < 4.78 is 17.1. The fourth-order valence-corrected chi connectivity index (χ4v) is 4.55. The van der Waals surface area contributed by atoms with E-state index < -0.39 is 30.2 Å². The SMILES string of the molecule is C[C@H]1O[C@]2(OCc3cc(Cl)c(Cc4ccc5occc5c4)cc32)[C@H](O)[C@@H](O)[C@@H]1O. The number of halogens is 1. The van der Waals surface area contributed by atoms with E-state index >= 15 is 0 Å². The lowest BCUT2D eigenvalue weighted by atomic mass is 9.86. The van der Waals surface area contributed by atoms with Gasteiger partial charge in [0.2, 0.25) is 5.79 Å². The molecule has 29 heavy (non-hydrogen) atoms. The van der Waals surface area contributed by atoms with Crippen LogP contribution in [0.1, 0.15) is 29.2 Å². The summed E-state index contributed by atoms with van der Waals surface area (Å²) >= 11 is 6.53. The minimum atomic E-state index is -1.53. The number of benzene rings is 2. The number of aliphatic hydroxyl groups excluding tert-OH is 3. The molecule has 0 aliphatic carbocycles. The Morgan fingerprint density at radius 3 is 2.76 bits per heavy atom. The van der Waals surface area contributed by atoms with Crippen molar-refractivity contribution >= 4 is 22.6 Å². The second kappa shape index (κ2) is 6.80. The number of furan rings is 1. The first-order valence-corrected chi connectivity index (χ1v) is 9.91. The minimum absolute atomic E-state index is 0.197. The van der Waals surface area contributed by atoms with Gasteiger partial charge in [-0.05, 0) is 60.4 Å². The predicted molar refractivity (Wildman–Crippen MR) is 106 cm³/mol. The van der Waals surface area contributed by atoms with E-state index in [4.69, 9.17) is 25.5 Å². The summed E-state index contributed by atoms with van der Waals surface area (Å²) in [5.41, 5.74) is 4.15. The molecular formula is C22H21ClO6. The highest BCUT2D eigenvalue weighted by Crippen LogP contribution is 2.47. The van der Waals surface area contributed by atoms with E-state index in [1.165, 1.54) is 0 Å². The zero-order chi connectivity index (χ0) is 20.3. The molecule has 3 N–H and O–H groups in total. The first-order chi connectivity index (χ1) is 13.9. The van der Waals surface area contributed by atoms with Crippen LogP contribution in [0.4, 0.5) is 0 Å². The molecule has 2 aromatic carbocycles. The maximum atomic E-state index is 10.7. The third-order valence-electron chi connectivity index (χ3n) is 5.91. The molecule has 0 radical (unpaired) electrons. The Labute approximate surface area is 172 Å². The number of hydrogen-bond acceptors (Lipinski definition) is 6. The average molecular weight is 417 g/mol. The van der Waals surface area contributed by atoms with Crippen LogP contribution in [0.15, 0.2) is 47.1 Å². The highest BCUT2D eigenvalue weighted by molar-refractivity contribution is 6.31. The number of fused-ring (bicyclic) bond motifs is 3. The molecule has 2 aliphatic rings. The van der Waals surface area contributed by atoms with Crippen molar-refractivity contribution in [3.8, 4) is 0 Å². The van der Waals surface area contributed by atoms with E-state index in [0.29, 0.717) is 17.0 Å². The van der Waals surface area contributed by atoms with Gasteiger partial charge in [-0.25, -0.2) is 0 Å². The molecule has 1 fully saturated rings. The lowest BCUT2D eigenvalue weighted by Gasteiger charge is -2.45. The number of hydrogen-bond donors (Lipinski definition) is 3. The molecule has 5 atom stereocenters. The Balaban J connectivity index is 1.54. The van der Waals surface area contributed by atoms with E-state index in [9.17, 15) is 15.3 Å². The zero-order valence-electron chi connectivity index (χ0n) is 15.7. The molecule has 3 heterocycles. The van der Waals surface area contributed by atoms with Crippen LogP contribution in [-0.2, 0) is 28.3 Å². The Kier molecular flexibility index (Phi) is 4.47. The van der Waals surface area contributed by atoms with Crippen LogP contribution < -0.4 is 0 Å². The summed E-state index contributed by atoms with van der Waals surface area (Å²) in [6, 6.07) is 11.5. The molecule has 0 bridgehead atoms. The fraction of sp³-hybridized carbons (Fsp3) is 0.364. The smallest absolute Gasteiger partial charge is 0.225 e. The third kappa shape index (κ3) is 2.91. The fourth-order valence-electron chi connectivity index (χ4n) is 4.29. The first kappa shape index (κ1) is 19.1. The molecule has 152 valence electrons. The van der Waals surface area contributed by atoms with Crippen LogP contribution >= 0.6 is 11.6 Å². The van der Waals surface area contributed by atoms with Gasteiger partial charge in [0.15, 0.2) is 0 Å². The van der Waals surface area contributed by atoms with Gasteiger partial charge < -0.3 is 29.2 Å². The van der Waals surface area contributed by atoms with Crippen molar-refractivity contribution in [3.63, 3.8) is 0 Å². The molecule has 1 saturated heterocycles. The van der Waals surface area contributed by atoms with Gasteiger partial charge in [-0.15, -0.1) is 0 Å². The van der Waals surface area contributed by atoms with Gasteiger partial charge in [0.05, 0.1) is 19.0 Å². The van der Waals surface area contributed by atoms with Crippen LogP contribution in [0.2, 0.25) is 5.02 Å². The van der Waals surface area contributed by atoms with Gasteiger partial charge in [-0.3, -0.25) is 0 Å². The summed E-state index contributed by atoms with van der Waals surface area (Å²) in [4.78, 5) is 0. The summed E-state index contributed by atoms with van der Waals surface area (Å²) in [5, 5.41) is 32.7. The highest BCUT2D eigenvalue weighted by atomic mass is 35.5. The number of rotatable bonds is 2. The second-order valence-electron chi connectivity index (χ2n) is 7.78. The van der Waals surface area contributed by atoms with Crippen LogP contribution in [0.5, 0.6) is 0 Å². The number of ether oxygens (including phenoxy) is 2. The molecule has 0 amide bonds. The maximum Gasteiger partial charge on any atom is 0.225 e. The third-order valence-corrected chi connectivity index (χ3v) is 6.26. The lowest BCUT2D eigenvalue weighted by molar-refractivity contribution is -0.362. The topological polar surface area (TPSA) is 92.3 Å². The molecule has 0 unspecified atom stereocenters. The van der Waals surface area contributed by atoms with E-state index in [0.717, 1.165) is 27.7 Å². The van der Waals surface area contributed by atoms with Crippen LogP contribution in [0.3, 0.4) is 0 Å². The van der Waals surface area contributed by atoms with E-state index in [1.807, 2.05) is 36.4 Å². The van der Waals surface area contributed by atoms with Crippen molar-refractivity contribution in [1.82, 2.24) is 0 Å². The molecule has 6 nitrogen and oxygen atoms in total. The van der Waals surface area contributed by atoms with Crippen molar-refractivity contribution in [2.75, 3.05) is 0 Å². The van der Waals surface area contributed by atoms with Crippen molar-refractivity contribution in [1.29, 1.82) is 0 Å². The van der Waals surface area contributed by atoms with Crippen molar-refractivity contribution < 1.29 is 29.2 Å². The molecule has 7 heteroatoms. The summed E-state index contributed by atoms with van der Waals surface area (Å²) in [5.74, 6) is -1.53. The van der Waals surface area contributed by atoms with Gasteiger partial charge >= 0.3 is 0 Å². The quantitative estimate of drug-likeness (QED) is 0.595. The van der Waals surface area contributed by atoms with Crippen molar-refractivity contribution in [2.24, 2.45) is 0 Å². The van der Waals surface area contributed by atoms with E-state index in [2.05, 4.69) is 0 Å². The van der Waals surface area contributed by atoms with E-state index in [1.54, 1.807) is 13.2 Å². The number of aliphatic hydroxyl groups is 3. The Bertz CT molecular complexity index is 1080. The highest BCUT2D eigenvalue weighted by Gasteiger charge is 2.57. The molecule has 3 aromatic rings. The van der Waals surface area contributed by atoms with Gasteiger partial charge in [-0.1, -0.05) is 17.7 Å². The summed E-state index contributed by atoms with van der Waals surface area (Å²) in [6.45, 7) is 1.84. The molecular weight excluding hydrogens is 396 g/mol. The molecule has 1 aromatic heterocycles. The van der Waals surface area contributed by atoms with Gasteiger partial charge in [0.1, 0.15) is 23.9 Å². The average Bonchev–Trinajstić information content (AvgIpc) is 3.30. The Morgan fingerprint density at radius 1 is 1.10 bits per heavy atom. The Morgan fingerprint density at radius 2 is 1.93 bits per heavy atom. The normalized spacial score (nSPS) is 31.5. The molecule has 5 rings (SSSR count). The van der Waals surface area contributed by atoms with Crippen LogP contribution in [0, 0.1) is 0 Å². The summed E-state index contributed by atoms with van der Waals surface area (Å²) in [6.07, 6.45) is -2.49. The van der Waals surface area contributed by atoms with Crippen molar-refractivity contribution in [3.05, 3.63) is 69.9 Å². The summed E-state index contributed by atoms with van der Waals surface area (Å²) in [7, 11) is 0. The minimum Gasteiger partial charge on any atom is -0.464 e. The maximum absolute atomic E-state index is 10.7. The zero-order valence-corrected chi connectivity index (χ0v) is 16.5. The van der Waals surface area contributed by atoms with Crippen LogP contribution in [-0.4, -0.2) is 39.7 Å². The molecule has 0 saturated carbocycles.